The molecule has 1 aromatic heterocycles. The van der Waals surface area contributed by atoms with Crippen molar-refractivity contribution in [1.29, 1.82) is 0 Å². The van der Waals surface area contributed by atoms with Crippen molar-refractivity contribution in [2.45, 2.75) is 37.5 Å². The number of rotatable bonds is 7. The van der Waals surface area contributed by atoms with Gasteiger partial charge in [0.1, 0.15) is 22.3 Å². The molecule has 1 unspecified atom stereocenters. The molecule has 0 saturated heterocycles. The summed E-state index contributed by atoms with van der Waals surface area (Å²) < 4.78 is 93.2. The number of carboxylic acid groups (broad SMARTS) is 1. The van der Waals surface area contributed by atoms with Crippen LogP contribution < -0.4 is 4.74 Å². The summed E-state index contributed by atoms with van der Waals surface area (Å²) in [4.78, 5) is 11.9. The molecular weight excluding hydrogens is 474 g/mol. The lowest BCUT2D eigenvalue weighted by Crippen LogP contribution is -2.22. The second kappa shape index (κ2) is 8.47. The molecule has 33 heavy (non-hydrogen) atoms. The minimum absolute atomic E-state index is 0.0109. The first-order chi connectivity index (χ1) is 15.4. The van der Waals surface area contributed by atoms with Crippen molar-refractivity contribution in [3.8, 4) is 16.9 Å². The summed E-state index contributed by atoms with van der Waals surface area (Å²) in [5.41, 5.74) is -1.17. The Bertz CT molecular complexity index is 1190. The van der Waals surface area contributed by atoms with Crippen molar-refractivity contribution in [2.75, 3.05) is 6.61 Å². The van der Waals surface area contributed by atoms with Crippen LogP contribution in [0.4, 0.5) is 26.3 Å². The van der Waals surface area contributed by atoms with Crippen LogP contribution in [0.3, 0.4) is 0 Å². The molecule has 0 radical (unpaired) electrons. The summed E-state index contributed by atoms with van der Waals surface area (Å²) in [5.74, 6) is -3.41. The van der Waals surface area contributed by atoms with E-state index in [0.29, 0.717) is 11.0 Å². The summed E-state index contributed by atoms with van der Waals surface area (Å²) in [5, 5.41) is 9.70. The molecule has 1 atom stereocenters. The molecule has 1 saturated carbocycles. The summed E-state index contributed by atoms with van der Waals surface area (Å²) in [6, 6.07) is 5.95. The highest BCUT2D eigenvalue weighted by Crippen LogP contribution is 2.47. The first kappa shape index (κ1) is 23.3. The van der Waals surface area contributed by atoms with Gasteiger partial charge in [-0.3, -0.25) is 4.79 Å². The Labute approximate surface area is 187 Å². The van der Waals surface area contributed by atoms with Crippen LogP contribution >= 0.6 is 11.7 Å². The number of halogens is 6. The zero-order chi connectivity index (χ0) is 24.0. The number of alkyl halides is 6. The first-order valence-corrected chi connectivity index (χ1v) is 10.6. The van der Waals surface area contributed by atoms with Gasteiger partial charge >= 0.3 is 18.3 Å². The summed E-state index contributed by atoms with van der Waals surface area (Å²) in [6.07, 6.45) is -8.19. The Hall–Kier alpha value is -2.89. The topological polar surface area (TPSA) is 72.3 Å². The van der Waals surface area contributed by atoms with Crippen molar-refractivity contribution in [3.63, 3.8) is 0 Å². The van der Waals surface area contributed by atoms with Crippen molar-refractivity contribution in [3.05, 3.63) is 41.5 Å². The molecule has 1 N–H and O–H groups in total. The lowest BCUT2D eigenvalue weighted by Gasteiger charge is -2.22. The molecule has 4 rings (SSSR count). The van der Waals surface area contributed by atoms with Crippen LogP contribution in [0.5, 0.6) is 5.75 Å². The third kappa shape index (κ3) is 5.37. The minimum atomic E-state index is -5.07. The number of nitrogens with zero attached hydrogens (tertiary/aromatic N) is 2. The van der Waals surface area contributed by atoms with E-state index in [4.69, 9.17) is 0 Å². The van der Waals surface area contributed by atoms with Crippen LogP contribution in [0.2, 0.25) is 0 Å². The van der Waals surface area contributed by atoms with E-state index in [2.05, 4.69) is 13.5 Å². The summed E-state index contributed by atoms with van der Waals surface area (Å²) in [7, 11) is 0. The Morgan fingerprint density at radius 1 is 1.09 bits per heavy atom. The molecule has 12 heteroatoms. The van der Waals surface area contributed by atoms with Gasteiger partial charge in [-0.2, -0.15) is 35.1 Å². The van der Waals surface area contributed by atoms with E-state index >= 15 is 0 Å². The standard InChI is InChI=1S/C21H16F6N2O3S/c22-20(23,24)9-32-17-8-12(14(19(30)31)5-10-1-2-10)6-13(18(17)21(25,26)27)11-3-4-15-16(7-11)29-33-28-15/h3-4,6-8,10,14H,1-2,5,9H2,(H,30,31). The second-order valence-corrected chi connectivity index (χ2v) is 8.41. The van der Waals surface area contributed by atoms with Crippen LogP contribution in [0.1, 0.15) is 36.3 Å². The zero-order valence-corrected chi connectivity index (χ0v) is 17.5. The minimum Gasteiger partial charge on any atom is -0.483 e. The average molecular weight is 490 g/mol. The molecule has 2 aromatic carbocycles. The quantitative estimate of drug-likeness (QED) is 0.395. The zero-order valence-electron chi connectivity index (χ0n) is 16.7. The van der Waals surface area contributed by atoms with Crippen LogP contribution in [0.15, 0.2) is 30.3 Å². The third-order valence-electron chi connectivity index (χ3n) is 5.33. The molecule has 1 heterocycles. The molecule has 1 fully saturated rings. The predicted molar refractivity (Wildman–Crippen MR) is 107 cm³/mol. The van der Waals surface area contributed by atoms with Crippen LogP contribution in [-0.4, -0.2) is 32.6 Å². The van der Waals surface area contributed by atoms with E-state index in [0.717, 1.165) is 36.7 Å². The van der Waals surface area contributed by atoms with Crippen molar-refractivity contribution in [2.24, 2.45) is 5.92 Å². The van der Waals surface area contributed by atoms with Crippen LogP contribution in [-0.2, 0) is 11.0 Å². The number of ether oxygens (including phenoxy) is 1. The van der Waals surface area contributed by atoms with Gasteiger partial charge in [0.15, 0.2) is 6.61 Å². The highest BCUT2D eigenvalue weighted by Gasteiger charge is 2.41. The van der Waals surface area contributed by atoms with Crippen molar-refractivity contribution < 1.29 is 41.0 Å². The molecular formula is C21H16F6N2O3S. The molecule has 0 aliphatic heterocycles. The Morgan fingerprint density at radius 3 is 2.39 bits per heavy atom. The summed E-state index contributed by atoms with van der Waals surface area (Å²) >= 11 is 0.857. The number of carboxylic acids is 1. The maximum atomic E-state index is 14.1. The number of hydrogen-bond donors (Lipinski definition) is 1. The fraction of sp³-hybridized carbons (Fsp3) is 0.381. The fourth-order valence-corrected chi connectivity index (χ4v) is 4.16. The first-order valence-electron chi connectivity index (χ1n) is 9.82. The molecule has 0 amide bonds. The lowest BCUT2D eigenvalue weighted by atomic mass is 9.88. The molecule has 1 aliphatic carbocycles. The number of benzene rings is 2. The largest absolute Gasteiger partial charge is 0.483 e. The number of fused-ring (bicyclic) bond motifs is 1. The summed E-state index contributed by atoms with van der Waals surface area (Å²) in [6.45, 7) is -1.95. The van der Waals surface area contributed by atoms with Crippen LogP contribution in [0.25, 0.3) is 22.2 Å². The van der Waals surface area contributed by atoms with Gasteiger partial charge in [0.05, 0.1) is 17.6 Å². The highest BCUT2D eigenvalue weighted by atomic mass is 32.1. The molecule has 3 aromatic rings. The van der Waals surface area contributed by atoms with Gasteiger partial charge in [-0.25, -0.2) is 0 Å². The van der Waals surface area contributed by atoms with E-state index in [9.17, 15) is 36.2 Å². The fourth-order valence-electron chi connectivity index (χ4n) is 3.65. The van der Waals surface area contributed by atoms with Crippen molar-refractivity contribution >= 4 is 28.7 Å². The number of carbonyl (C=O) groups is 1. The van der Waals surface area contributed by atoms with Crippen molar-refractivity contribution in [1.82, 2.24) is 8.75 Å². The van der Waals surface area contributed by atoms with E-state index in [1.165, 1.54) is 18.2 Å². The molecule has 0 spiro atoms. The third-order valence-corrected chi connectivity index (χ3v) is 5.89. The number of aromatic nitrogens is 2. The second-order valence-electron chi connectivity index (χ2n) is 7.88. The number of aliphatic carboxylic acids is 1. The van der Waals surface area contributed by atoms with Gasteiger partial charge in [0.25, 0.3) is 0 Å². The predicted octanol–water partition coefficient (Wildman–Crippen LogP) is 6.29. The molecule has 1 aliphatic rings. The highest BCUT2D eigenvalue weighted by molar-refractivity contribution is 7.00. The Morgan fingerprint density at radius 2 is 1.79 bits per heavy atom. The smallest absolute Gasteiger partial charge is 0.422 e. The number of hydrogen-bond acceptors (Lipinski definition) is 5. The molecule has 0 bridgehead atoms. The molecule has 176 valence electrons. The maximum absolute atomic E-state index is 14.1. The maximum Gasteiger partial charge on any atom is 0.422 e. The van der Waals surface area contributed by atoms with E-state index in [-0.39, 0.29) is 23.5 Å². The lowest BCUT2D eigenvalue weighted by molar-refractivity contribution is -0.158. The van der Waals surface area contributed by atoms with Gasteiger partial charge in [0.2, 0.25) is 0 Å². The van der Waals surface area contributed by atoms with Crippen LogP contribution in [0, 0.1) is 5.92 Å². The van der Waals surface area contributed by atoms with Gasteiger partial charge < -0.3 is 9.84 Å². The average Bonchev–Trinajstić information content (AvgIpc) is 3.42. The van der Waals surface area contributed by atoms with Gasteiger partial charge in [-0.15, -0.1) is 0 Å². The van der Waals surface area contributed by atoms with E-state index in [1.54, 1.807) is 0 Å². The van der Waals surface area contributed by atoms with E-state index < -0.39 is 47.7 Å². The monoisotopic (exact) mass is 490 g/mol. The van der Waals surface area contributed by atoms with Gasteiger partial charge in [0, 0.05) is 0 Å². The van der Waals surface area contributed by atoms with Gasteiger partial charge in [-0.1, -0.05) is 18.9 Å². The molecule has 5 nitrogen and oxygen atoms in total. The SMILES string of the molecule is O=C(O)C(CC1CC1)c1cc(OCC(F)(F)F)c(C(F)(F)F)c(-c2ccc3nsnc3c2)c1. The Kier molecular flexibility index (Phi) is 5.97. The van der Waals surface area contributed by atoms with E-state index in [1.807, 2.05) is 0 Å². The Balaban J connectivity index is 1.92. The normalized spacial score (nSPS) is 15.6. The van der Waals surface area contributed by atoms with Gasteiger partial charge in [-0.05, 0) is 53.3 Å².